The predicted molar refractivity (Wildman–Crippen MR) is 102 cm³/mol. The third kappa shape index (κ3) is 3.78. The van der Waals surface area contributed by atoms with E-state index in [2.05, 4.69) is 24.3 Å². The molecular formula is C20H21Cl2NO2. The lowest BCUT2D eigenvalue weighted by Crippen LogP contribution is -2.46. The average Bonchev–Trinajstić information content (AvgIpc) is 2.63. The fourth-order valence-corrected chi connectivity index (χ4v) is 3.82. The Bertz CT molecular complexity index is 673. The molecule has 1 aliphatic heterocycles. The summed E-state index contributed by atoms with van der Waals surface area (Å²) in [6.45, 7) is 3.54. The maximum atomic E-state index is 12.0. The third-order valence-corrected chi connectivity index (χ3v) is 5.44. The molecule has 3 nitrogen and oxygen atoms in total. The van der Waals surface area contributed by atoms with Crippen LogP contribution < -0.4 is 0 Å². The molecule has 0 bridgehead atoms. The van der Waals surface area contributed by atoms with Gasteiger partial charge in [-0.1, -0.05) is 47.5 Å². The van der Waals surface area contributed by atoms with Gasteiger partial charge in [-0.05, 0) is 55.2 Å². The first-order chi connectivity index (χ1) is 12.0. The summed E-state index contributed by atoms with van der Waals surface area (Å²) in [6, 6.07) is 16.0. The molecule has 132 valence electrons. The molecule has 0 aliphatic carbocycles. The van der Waals surface area contributed by atoms with Gasteiger partial charge >= 0.3 is 6.09 Å². The Morgan fingerprint density at radius 1 is 0.960 bits per heavy atom. The number of ether oxygens (including phenoxy) is 1. The van der Waals surface area contributed by atoms with Crippen LogP contribution >= 0.6 is 23.2 Å². The van der Waals surface area contributed by atoms with Crippen molar-refractivity contribution in [2.75, 3.05) is 19.7 Å². The van der Waals surface area contributed by atoms with Gasteiger partial charge in [-0.2, -0.15) is 0 Å². The largest absolute Gasteiger partial charge is 0.450 e. The van der Waals surface area contributed by atoms with E-state index in [-0.39, 0.29) is 11.5 Å². The lowest BCUT2D eigenvalue weighted by atomic mass is 9.68. The lowest BCUT2D eigenvalue weighted by molar-refractivity contribution is 0.0907. The van der Waals surface area contributed by atoms with Gasteiger partial charge in [0.05, 0.1) is 6.61 Å². The number of likely N-dealkylation sites (tertiary alicyclic amines) is 1. The van der Waals surface area contributed by atoms with Crippen LogP contribution in [0, 0.1) is 0 Å². The first kappa shape index (κ1) is 18.1. The summed E-state index contributed by atoms with van der Waals surface area (Å²) in [5, 5.41) is 1.44. The smallest absolute Gasteiger partial charge is 0.409 e. The molecule has 0 N–H and O–H groups in total. The van der Waals surface area contributed by atoms with Crippen LogP contribution in [0.3, 0.4) is 0 Å². The molecule has 0 radical (unpaired) electrons. The molecule has 1 saturated heterocycles. The minimum Gasteiger partial charge on any atom is -0.450 e. The van der Waals surface area contributed by atoms with Crippen LogP contribution in [0.4, 0.5) is 4.79 Å². The first-order valence-corrected chi connectivity index (χ1v) is 9.24. The first-order valence-electron chi connectivity index (χ1n) is 8.49. The fourth-order valence-electron chi connectivity index (χ4n) is 3.57. The normalized spacial score (nSPS) is 16.5. The molecule has 0 unspecified atom stereocenters. The molecule has 2 aromatic rings. The molecule has 5 heteroatoms. The van der Waals surface area contributed by atoms with Gasteiger partial charge in [-0.3, -0.25) is 0 Å². The van der Waals surface area contributed by atoms with E-state index in [1.165, 1.54) is 11.1 Å². The molecule has 3 rings (SSSR count). The van der Waals surface area contributed by atoms with Gasteiger partial charge in [0.1, 0.15) is 0 Å². The van der Waals surface area contributed by atoms with Crippen molar-refractivity contribution in [3.8, 4) is 0 Å². The molecule has 0 saturated carbocycles. The summed E-state index contributed by atoms with van der Waals surface area (Å²) in [5.74, 6) is 0. The maximum absolute atomic E-state index is 12.0. The molecule has 1 aliphatic rings. The number of halogens is 2. The number of hydrogen-bond acceptors (Lipinski definition) is 2. The Balaban J connectivity index is 1.93. The summed E-state index contributed by atoms with van der Waals surface area (Å²) in [5.41, 5.74) is 2.27. The summed E-state index contributed by atoms with van der Waals surface area (Å²) in [7, 11) is 0. The average molecular weight is 378 g/mol. The zero-order valence-electron chi connectivity index (χ0n) is 14.2. The van der Waals surface area contributed by atoms with Crippen molar-refractivity contribution in [1.29, 1.82) is 0 Å². The SMILES string of the molecule is CCOC(=O)N1CCC(c2ccc(Cl)cc2)(c2ccc(Cl)cc2)CC1. The van der Waals surface area contributed by atoms with E-state index in [1.807, 2.05) is 31.2 Å². The maximum Gasteiger partial charge on any atom is 0.409 e. The summed E-state index contributed by atoms with van der Waals surface area (Å²) in [4.78, 5) is 13.8. The molecule has 0 atom stereocenters. The van der Waals surface area contributed by atoms with Crippen LogP contribution in [0.2, 0.25) is 10.0 Å². The van der Waals surface area contributed by atoms with E-state index in [4.69, 9.17) is 27.9 Å². The van der Waals surface area contributed by atoms with Crippen LogP contribution in [0.25, 0.3) is 0 Å². The Hall–Kier alpha value is -1.71. The summed E-state index contributed by atoms with van der Waals surface area (Å²) < 4.78 is 5.14. The van der Waals surface area contributed by atoms with Gasteiger partial charge in [0, 0.05) is 28.5 Å². The van der Waals surface area contributed by atoms with Crippen molar-refractivity contribution in [3.05, 3.63) is 69.7 Å². The van der Waals surface area contributed by atoms with E-state index in [9.17, 15) is 4.79 Å². The van der Waals surface area contributed by atoms with Crippen LogP contribution in [-0.2, 0) is 10.2 Å². The summed E-state index contributed by atoms with van der Waals surface area (Å²) >= 11 is 12.2. The minimum absolute atomic E-state index is 0.155. The second-order valence-corrected chi connectivity index (χ2v) is 7.15. The number of amides is 1. The number of nitrogens with zero attached hydrogens (tertiary/aromatic N) is 1. The Morgan fingerprint density at radius 2 is 1.40 bits per heavy atom. The zero-order chi connectivity index (χ0) is 17.9. The highest BCUT2D eigenvalue weighted by Gasteiger charge is 2.39. The van der Waals surface area contributed by atoms with Crippen LogP contribution in [0.15, 0.2) is 48.5 Å². The van der Waals surface area contributed by atoms with Gasteiger partial charge in [-0.25, -0.2) is 4.79 Å². The summed E-state index contributed by atoms with van der Waals surface area (Å²) in [6.07, 6.45) is 1.42. The Morgan fingerprint density at radius 3 is 1.80 bits per heavy atom. The van der Waals surface area contributed by atoms with Crippen molar-refractivity contribution < 1.29 is 9.53 Å². The highest BCUT2D eigenvalue weighted by atomic mass is 35.5. The van der Waals surface area contributed by atoms with Gasteiger partial charge in [0.15, 0.2) is 0 Å². The number of rotatable bonds is 3. The van der Waals surface area contributed by atoms with Crippen LogP contribution in [0.5, 0.6) is 0 Å². The van der Waals surface area contributed by atoms with E-state index in [0.29, 0.717) is 19.7 Å². The third-order valence-electron chi connectivity index (χ3n) is 4.94. The molecule has 0 spiro atoms. The van der Waals surface area contributed by atoms with Gasteiger partial charge in [-0.15, -0.1) is 0 Å². The van der Waals surface area contributed by atoms with Gasteiger partial charge in [0.2, 0.25) is 0 Å². The fraction of sp³-hybridized carbons (Fsp3) is 0.350. The van der Waals surface area contributed by atoms with E-state index < -0.39 is 0 Å². The highest BCUT2D eigenvalue weighted by molar-refractivity contribution is 6.30. The molecule has 1 fully saturated rings. The monoisotopic (exact) mass is 377 g/mol. The van der Waals surface area contributed by atoms with Gasteiger partial charge < -0.3 is 9.64 Å². The molecule has 1 heterocycles. The Kier molecular flexibility index (Phi) is 5.55. The predicted octanol–water partition coefficient (Wildman–Crippen LogP) is 5.53. The number of piperidine rings is 1. The van der Waals surface area contributed by atoms with Crippen molar-refractivity contribution in [3.63, 3.8) is 0 Å². The van der Waals surface area contributed by atoms with Crippen LogP contribution in [0.1, 0.15) is 30.9 Å². The van der Waals surface area contributed by atoms with E-state index in [1.54, 1.807) is 4.90 Å². The number of carbonyl (C=O) groups excluding carboxylic acids is 1. The topological polar surface area (TPSA) is 29.5 Å². The Labute approximate surface area is 158 Å². The molecule has 0 aromatic heterocycles. The number of carbonyl (C=O) groups is 1. The standard InChI is InChI=1S/C20H21Cl2NO2/c1-2-25-19(24)23-13-11-20(12-14-23,15-3-7-17(21)8-4-15)16-5-9-18(22)10-6-16/h3-10H,2,11-14H2,1H3. The number of benzene rings is 2. The molecule has 2 aromatic carbocycles. The molecular weight excluding hydrogens is 357 g/mol. The van der Waals surface area contributed by atoms with Crippen molar-refractivity contribution in [2.45, 2.75) is 25.2 Å². The second kappa shape index (κ2) is 7.67. The van der Waals surface area contributed by atoms with Crippen molar-refractivity contribution >= 4 is 29.3 Å². The van der Waals surface area contributed by atoms with Gasteiger partial charge in [0.25, 0.3) is 0 Å². The zero-order valence-corrected chi connectivity index (χ0v) is 15.7. The molecule has 1 amide bonds. The quantitative estimate of drug-likeness (QED) is 0.703. The highest BCUT2D eigenvalue weighted by Crippen LogP contribution is 2.42. The lowest BCUT2D eigenvalue weighted by Gasteiger charge is -2.42. The van der Waals surface area contributed by atoms with Crippen LogP contribution in [-0.4, -0.2) is 30.7 Å². The molecule has 25 heavy (non-hydrogen) atoms. The minimum atomic E-state index is -0.233. The van der Waals surface area contributed by atoms with Crippen molar-refractivity contribution in [1.82, 2.24) is 4.90 Å². The van der Waals surface area contributed by atoms with E-state index >= 15 is 0 Å². The second-order valence-electron chi connectivity index (χ2n) is 6.28. The number of hydrogen-bond donors (Lipinski definition) is 0. The van der Waals surface area contributed by atoms with E-state index in [0.717, 1.165) is 22.9 Å². The van der Waals surface area contributed by atoms with Crippen molar-refractivity contribution in [2.24, 2.45) is 0 Å².